The quantitative estimate of drug-likeness (QED) is 0.139. The molecule has 0 amide bonds. The van der Waals surface area contributed by atoms with Crippen LogP contribution in [0.1, 0.15) is 44.5 Å². The van der Waals surface area contributed by atoms with Gasteiger partial charge < -0.3 is 4.57 Å². The SMILES string of the molecule is N#Cc1cc(C#N)cc(-c2ccc3c(c2)c2cc(-c4cc(C#N)cc(C#N)c4)ccc2n3-c2c(-c3ccc(C#N)cc3C#N)cc(-c3nc(-c4ccccc4)nc(-c4ccccc4)n3)cc2-c2ccc(C#N)cc2C#N)c1. The first kappa shape index (κ1) is 47.1. The highest BCUT2D eigenvalue weighted by atomic mass is 15.0. The van der Waals surface area contributed by atoms with E-state index in [0.717, 1.165) is 21.9 Å². The summed E-state index contributed by atoms with van der Waals surface area (Å²) >= 11 is 0. The van der Waals surface area contributed by atoms with E-state index in [1.807, 2.05) is 114 Å². The summed E-state index contributed by atoms with van der Waals surface area (Å²) in [6.07, 6.45) is 0. The molecule has 350 valence electrons. The normalized spacial score (nSPS) is 10.5. The number of aromatic nitrogens is 4. The van der Waals surface area contributed by atoms with Crippen molar-refractivity contribution in [3.63, 3.8) is 0 Å². The number of fused-ring (bicyclic) bond motifs is 3. The average molecular weight is 979 g/mol. The molecule has 0 fully saturated rings. The van der Waals surface area contributed by atoms with Gasteiger partial charge in [-0.3, -0.25) is 0 Å². The van der Waals surface area contributed by atoms with Gasteiger partial charge in [0.2, 0.25) is 0 Å². The van der Waals surface area contributed by atoms with Gasteiger partial charge in [-0.15, -0.1) is 0 Å². The standard InChI is InChI=1S/C65H30N12/c66-31-39-11-15-54(52(21-39)37-72)58-29-51(65-75-63(45-7-3-1-4-8-45)74-64(76-65)46-9-5-2-6-10-46)30-59(55-16-12-40(32-67)22-53(55)38-73)62(58)77-60-17-13-47(49-23-41(33-68)19-42(24-49)34-69)27-56(60)57-28-48(14-18-61(57)77)50-25-43(35-70)20-44(26-50)36-71/h1-30H. The zero-order chi connectivity index (χ0) is 53.2. The zero-order valence-electron chi connectivity index (χ0n) is 40.2. The van der Waals surface area contributed by atoms with E-state index < -0.39 is 0 Å². The highest BCUT2D eigenvalue weighted by molar-refractivity contribution is 6.13. The summed E-state index contributed by atoms with van der Waals surface area (Å²) < 4.78 is 2.04. The topological polar surface area (TPSA) is 234 Å². The Balaban J connectivity index is 1.31. The van der Waals surface area contributed by atoms with E-state index in [2.05, 4.69) is 48.6 Å². The molecule has 0 aliphatic heterocycles. The summed E-state index contributed by atoms with van der Waals surface area (Å²) in [4.78, 5) is 15.1. The number of benzene rings is 9. The smallest absolute Gasteiger partial charge is 0.164 e. The van der Waals surface area contributed by atoms with Crippen molar-refractivity contribution < 1.29 is 0 Å². The second kappa shape index (κ2) is 19.7. The van der Waals surface area contributed by atoms with Crippen molar-refractivity contribution in [3.05, 3.63) is 226 Å². The van der Waals surface area contributed by atoms with Crippen LogP contribution in [0.5, 0.6) is 0 Å². The minimum absolute atomic E-state index is 0.181. The third kappa shape index (κ3) is 8.63. The van der Waals surface area contributed by atoms with E-state index in [9.17, 15) is 42.1 Å². The van der Waals surface area contributed by atoms with E-state index in [-0.39, 0.29) is 28.1 Å². The first-order valence-corrected chi connectivity index (χ1v) is 23.7. The number of nitrogens with zero attached hydrogens (tertiary/aromatic N) is 12. The van der Waals surface area contributed by atoms with Gasteiger partial charge in [0.15, 0.2) is 17.5 Å². The number of hydrogen-bond acceptors (Lipinski definition) is 11. The predicted octanol–water partition coefficient (Wildman–Crippen LogP) is 13.6. The van der Waals surface area contributed by atoms with Gasteiger partial charge in [-0.25, -0.2) is 15.0 Å². The molecule has 11 rings (SSSR count). The maximum Gasteiger partial charge on any atom is 0.164 e. The Morgan fingerprint density at radius 3 is 1.01 bits per heavy atom. The molecule has 9 aromatic carbocycles. The van der Waals surface area contributed by atoms with Gasteiger partial charge in [-0.1, -0.05) is 84.9 Å². The van der Waals surface area contributed by atoms with Gasteiger partial charge in [0.25, 0.3) is 0 Å². The van der Waals surface area contributed by atoms with Crippen LogP contribution in [0.25, 0.3) is 106 Å². The molecule has 77 heavy (non-hydrogen) atoms. The zero-order valence-corrected chi connectivity index (χ0v) is 40.2. The maximum atomic E-state index is 11.0. The minimum atomic E-state index is 0.181. The van der Waals surface area contributed by atoms with Gasteiger partial charge in [0.1, 0.15) is 0 Å². The van der Waals surface area contributed by atoms with Crippen LogP contribution in [0.3, 0.4) is 0 Å². The average Bonchev–Trinajstić information content (AvgIpc) is 4.04. The van der Waals surface area contributed by atoms with Crippen molar-refractivity contribution in [2.75, 3.05) is 0 Å². The van der Waals surface area contributed by atoms with Crippen molar-refractivity contribution in [1.29, 1.82) is 42.1 Å². The molecule has 0 unspecified atom stereocenters. The van der Waals surface area contributed by atoms with Crippen molar-refractivity contribution in [2.24, 2.45) is 0 Å². The molecule has 0 radical (unpaired) electrons. The summed E-state index contributed by atoms with van der Waals surface area (Å²) in [5.74, 6) is 1.06. The van der Waals surface area contributed by atoms with Crippen LogP contribution >= 0.6 is 0 Å². The molecule has 0 aliphatic rings. The van der Waals surface area contributed by atoms with Crippen LogP contribution in [0.2, 0.25) is 0 Å². The molecule has 2 aromatic heterocycles. The number of rotatable bonds is 8. The molecule has 2 heterocycles. The van der Waals surface area contributed by atoms with Crippen LogP contribution in [0, 0.1) is 90.6 Å². The maximum absolute atomic E-state index is 11.0. The fourth-order valence-corrected chi connectivity index (χ4v) is 9.71. The molecule has 0 saturated carbocycles. The molecule has 0 saturated heterocycles. The van der Waals surface area contributed by atoms with Gasteiger partial charge in [-0.2, -0.15) is 42.1 Å². The Kier molecular flexibility index (Phi) is 12.1. The Morgan fingerprint density at radius 2 is 0.649 bits per heavy atom. The second-order valence-electron chi connectivity index (χ2n) is 17.8. The van der Waals surface area contributed by atoms with Crippen molar-refractivity contribution in [3.8, 4) is 133 Å². The predicted molar refractivity (Wildman–Crippen MR) is 290 cm³/mol. The first-order valence-electron chi connectivity index (χ1n) is 23.7. The summed E-state index contributed by atoms with van der Waals surface area (Å²) in [6, 6.07) is 71.8. The Hall–Kier alpha value is -12.3. The third-order valence-corrected chi connectivity index (χ3v) is 13.2. The largest absolute Gasteiger partial charge is 0.308 e. The Morgan fingerprint density at radius 1 is 0.273 bits per heavy atom. The van der Waals surface area contributed by atoms with Gasteiger partial charge in [0, 0.05) is 49.7 Å². The van der Waals surface area contributed by atoms with E-state index in [0.29, 0.717) is 101 Å². The van der Waals surface area contributed by atoms with Crippen molar-refractivity contribution in [1.82, 2.24) is 19.5 Å². The van der Waals surface area contributed by atoms with Crippen LogP contribution in [-0.4, -0.2) is 19.5 Å². The lowest BCUT2D eigenvalue weighted by atomic mass is 9.88. The highest BCUT2D eigenvalue weighted by Gasteiger charge is 2.26. The number of hydrogen-bond donors (Lipinski definition) is 0. The molecule has 12 nitrogen and oxygen atoms in total. The third-order valence-electron chi connectivity index (χ3n) is 13.2. The molecule has 0 N–H and O–H groups in total. The molecular formula is C65H30N12. The second-order valence-corrected chi connectivity index (χ2v) is 17.8. The first-order chi connectivity index (χ1) is 37.7. The summed E-state index contributed by atoms with van der Waals surface area (Å²) in [7, 11) is 0. The molecule has 0 bridgehead atoms. The fraction of sp³-hybridized carbons (Fsp3) is 0. The monoisotopic (exact) mass is 978 g/mol. The summed E-state index contributed by atoms with van der Waals surface area (Å²) in [6.45, 7) is 0. The molecule has 11 aromatic rings. The molecule has 12 heteroatoms. The van der Waals surface area contributed by atoms with Gasteiger partial charge in [0.05, 0.1) is 110 Å². The summed E-state index contributed by atoms with van der Waals surface area (Å²) in [5, 5.41) is 83.6. The van der Waals surface area contributed by atoms with Crippen LogP contribution in [-0.2, 0) is 0 Å². The lowest BCUT2D eigenvalue weighted by Gasteiger charge is -2.22. The summed E-state index contributed by atoms with van der Waals surface area (Å²) in [5.41, 5.74) is 10.4. The minimum Gasteiger partial charge on any atom is -0.308 e. The van der Waals surface area contributed by atoms with Crippen molar-refractivity contribution in [2.45, 2.75) is 0 Å². The lowest BCUT2D eigenvalue weighted by molar-refractivity contribution is 1.07. The van der Waals surface area contributed by atoms with Crippen molar-refractivity contribution >= 4 is 21.8 Å². The van der Waals surface area contributed by atoms with E-state index in [1.54, 1.807) is 48.5 Å². The molecule has 0 spiro atoms. The van der Waals surface area contributed by atoms with E-state index in [1.165, 1.54) is 24.3 Å². The van der Waals surface area contributed by atoms with Gasteiger partial charge >= 0.3 is 0 Å². The number of nitriles is 8. The van der Waals surface area contributed by atoms with Gasteiger partial charge in [-0.05, 0) is 119 Å². The molecule has 0 atom stereocenters. The van der Waals surface area contributed by atoms with Crippen LogP contribution in [0.15, 0.2) is 182 Å². The Bertz CT molecular complexity index is 4320. The Labute approximate surface area is 440 Å². The van der Waals surface area contributed by atoms with E-state index in [4.69, 9.17) is 15.0 Å². The lowest BCUT2D eigenvalue weighted by Crippen LogP contribution is -2.05. The fourth-order valence-electron chi connectivity index (χ4n) is 9.71. The molecular weight excluding hydrogens is 949 g/mol. The van der Waals surface area contributed by atoms with E-state index >= 15 is 0 Å². The highest BCUT2D eigenvalue weighted by Crippen LogP contribution is 2.47. The van der Waals surface area contributed by atoms with Crippen LogP contribution in [0.4, 0.5) is 0 Å². The molecule has 0 aliphatic carbocycles. The van der Waals surface area contributed by atoms with Crippen LogP contribution < -0.4 is 0 Å².